The molecule has 0 amide bonds. The van der Waals surface area contributed by atoms with Crippen LogP contribution in [0.4, 0.5) is 0 Å². The number of rotatable bonds is 4. The van der Waals surface area contributed by atoms with Crippen LogP contribution in [0.25, 0.3) is 0 Å². The van der Waals surface area contributed by atoms with Crippen LogP contribution in [-0.2, 0) is 4.79 Å². The Hall–Kier alpha value is -2.62. The number of esters is 2. The van der Waals surface area contributed by atoms with Crippen molar-refractivity contribution in [3.8, 4) is 11.5 Å². The molecule has 0 N–H and O–H groups in total. The molecule has 0 aliphatic carbocycles. The fourth-order valence-corrected chi connectivity index (χ4v) is 1.78. The second kappa shape index (κ2) is 6.89. The molecule has 0 aliphatic rings. The van der Waals surface area contributed by atoms with Gasteiger partial charge in [0.05, 0.1) is 11.5 Å². The van der Waals surface area contributed by atoms with Gasteiger partial charge in [-0.1, -0.05) is 43.7 Å². The summed E-state index contributed by atoms with van der Waals surface area (Å²) >= 11 is 0. The van der Waals surface area contributed by atoms with Crippen molar-refractivity contribution in [2.45, 2.75) is 20.8 Å². The van der Waals surface area contributed by atoms with Gasteiger partial charge in [0, 0.05) is 0 Å². The maximum atomic E-state index is 12.2. The Bertz CT molecular complexity index is 689. The lowest BCUT2D eigenvalue weighted by molar-refractivity contribution is -0.137. The number of hydrogen-bond donors (Lipinski definition) is 0. The summed E-state index contributed by atoms with van der Waals surface area (Å²) in [4.78, 5) is 23.9. The van der Waals surface area contributed by atoms with Crippen LogP contribution in [-0.4, -0.2) is 11.9 Å². The van der Waals surface area contributed by atoms with Gasteiger partial charge < -0.3 is 9.47 Å². The lowest BCUT2D eigenvalue weighted by atomic mass is 10.1. The van der Waals surface area contributed by atoms with Crippen molar-refractivity contribution in [3.63, 3.8) is 0 Å². The van der Waals surface area contributed by atoms with Crippen LogP contribution in [0.15, 0.2) is 48.5 Å². The molecule has 0 unspecified atom stereocenters. The Morgan fingerprint density at radius 3 is 2.14 bits per heavy atom. The predicted octanol–water partition coefficient (Wildman–Crippen LogP) is 3.78. The van der Waals surface area contributed by atoms with Crippen LogP contribution in [0.5, 0.6) is 11.5 Å². The number of carbonyl (C=O) groups is 2. The molecule has 0 heterocycles. The molecular weight excluding hydrogens is 280 g/mol. The van der Waals surface area contributed by atoms with Gasteiger partial charge in [0.1, 0.15) is 0 Å². The number of benzene rings is 2. The van der Waals surface area contributed by atoms with Crippen LogP contribution in [0.2, 0.25) is 0 Å². The van der Waals surface area contributed by atoms with Gasteiger partial charge >= 0.3 is 11.9 Å². The fourth-order valence-electron chi connectivity index (χ4n) is 1.78. The molecule has 114 valence electrons. The van der Waals surface area contributed by atoms with E-state index in [-0.39, 0.29) is 23.4 Å². The van der Waals surface area contributed by atoms with E-state index in [4.69, 9.17) is 9.47 Å². The van der Waals surface area contributed by atoms with Gasteiger partial charge in [-0.05, 0) is 31.2 Å². The van der Waals surface area contributed by atoms with Crippen molar-refractivity contribution in [1.82, 2.24) is 0 Å². The third kappa shape index (κ3) is 3.95. The molecule has 0 radical (unpaired) electrons. The minimum Gasteiger partial charge on any atom is -0.422 e. The SMILES string of the molecule is Cc1cccc(C(=O)Oc2ccccc2OC(=O)C(C)C)c1. The van der Waals surface area contributed by atoms with Gasteiger partial charge in [0.2, 0.25) is 0 Å². The first-order valence-corrected chi connectivity index (χ1v) is 7.07. The van der Waals surface area contributed by atoms with Gasteiger partial charge in [-0.15, -0.1) is 0 Å². The highest BCUT2D eigenvalue weighted by Crippen LogP contribution is 2.28. The number of carbonyl (C=O) groups excluding carboxylic acids is 2. The van der Waals surface area contributed by atoms with E-state index >= 15 is 0 Å². The fraction of sp³-hybridized carbons (Fsp3) is 0.222. The summed E-state index contributed by atoms with van der Waals surface area (Å²) in [6, 6.07) is 13.7. The first-order chi connectivity index (χ1) is 10.5. The summed E-state index contributed by atoms with van der Waals surface area (Å²) < 4.78 is 10.6. The van der Waals surface area contributed by atoms with Crippen molar-refractivity contribution < 1.29 is 19.1 Å². The van der Waals surface area contributed by atoms with Gasteiger partial charge in [0.15, 0.2) is 11.5 Å². The summed E-state index contributed by atoms with van der Waals surface area (Å²) in [7, 11) is 0. The summed E-state index contributed by atoms with van der Waals surface area (Å²) in [5.41, 5.74) is 1.42. The van der Waals surface area contributed by atoms with E-state index in [0.717, 1.165) is 5.56 Å². The average molecular weight is 298 g/mol. The summed E-state index contributed by atoms with van der Waals surface area (Å²) in [5, 5.41) is 0. The summed E-state index contributed by atoms with van der Waals surface area (Å²) in [6.07, 6.45) is 0. The molecule has 2 aromatic rings. The normalized spacial score (nSPS) is 10.4. The zero-order chi connectivity index (χ0) is 16.1. The third-order valence-corrected chi connectivity index (χ3v) is 2.99. The molecule has 4 heteroatoms. The Labute approximate surface area is 129 Å². The minimum atomic E-state index is -0.489. The highest BCUT2D eigenvalue weighted by molar-refractivity contribution is 5.91. The lowest BCUT2D eigenvalue weighted by Gasteiger charge is -2.11. The van der Waals surface area contributed by atoms with Crippen molar-refractivity contribution in [3.05, 3.63) is 59.7 Å². The van der Waals surface area contributed by atoms with Gasteiger partial charge in [-0.25, -0.2) is 4.79 Å². The largest absolute Gasteiger partial charge is 0.422 e. The third-order valence-electron chi connectivity index (χ3n) is 2.99. The second-order valence-corrected chi connectivity index (χ2v) is 5.28. The monoisotopic (exact) mass is 298 g/mol. The van der Waals surface area contributed by atoms with Crippen molar-refractivity contribution in [1.29, 1.82) is 0 Å². The molecule has 0 fully saturated rings. The van der Waals surface area contributed by atoms with E-state index in [1.807, 2.05) is 13.0 Å². The average Bonchev–Trinajstić information content (AvgIpc) is 2.49. The van der Waals surface area contributed by atoms with E-state index in [0.29, 0.717) is 5.56 Å². The van der Waals surface area contributed by atoms with Crippen molar-refractivity contribution in [2.24, 2.45) is 5.92 Å². The maximum Gasteiger partial charge on any atom is 0.343 e. The van der Waals surface area contributed by atoms with E-state index in [1.54, 1.807) is 56.3 Å². The van der Waals surface area contributed by atoms with Crippen LogP contribution in [0.3, 0.4) is 0 Å². The number of hydrogen-bond acceptors (Lipinski definition) is 4. The molecule has 0 spiro atoms. The van der Waals surface area contributed by atoms with Crippen molar-refractivity contribution in [2.75, 3.05) is 0 Å². The molecule has 0 bridgehead atoms. The molecule has 2 rings (SSSR count). The zero-order valence-electron chi connectivity index (χ0n) is 12.8. The Balaban J connectivity index is 2.19. The topological polar surface area (TPSA) is 52.6 Å². The van der Waals surface area contributed by atoms with Crippen molar-refractivity contribution >= 4 is 11.9 Å². The molecule has 0 saturated carbocycles. The molecule has 0 aromatic heterocycles. The Morgan fingerprint density at radius 1 is 0.909 bits per heavy atom. The summed E-state index contributed by atoms with van der Waals surface area (Å²) in [5.74, 6) is -0.665. The van der Waals surface area contributed by atoms with E-state index < -0.39 is 5.97 Å². The molecule has 4 nitrogen and oxygen atoms in total. The number of aryl methyl sites for hydroxylation is 1. The molecular formula is C18H18O4. The van der Waals surface area contributed by atoms with Crippen LogP contribution in [0.1, 0.15) is 29.8 Å². The Kier molecular flexibility index (Phi) is 4.94. The van der Waals surface area contributed by atoms with Crippen LogP contribution in [0, 0.1) is 12.8 Å². The smallest absolute Gasteiger partial charge is 0.343 e. The van der Waals surface area contributed by atoms with Crippen LogP contribution >= 0.6 is 0 Å². The minimum absolute atomic E-state index is 0.225. The highest BCUT2D eigenvalue weighted by atomic mass is 16.6. The molecule has 0 saturated heterocycles. The molecule has 22 heavy (non-hydrogen) atoms. The van der Waals surface area contributed by atoms with Gasteiger partial charge in [0.25, 0.3) is 0 Å². The summed E-state index contributed by atoms with van der Waals surface area (Å²) in [6.45, 7) is 5.38. The maximum absolute atomic E-state index is 12.2. The lowest BCUT2D eigenvalue weighted by Crippen LogP contribution is -2.16. The number of para-hydroxylation sites is 2. The van der Waals surface area contributed by atoms with E-state index in [9.17, 15) is 9.59 Å². The van der Waals surface area contributed by atoms with Gasteiger partial charge in [-0.2, -0.15) is 0 Å². The Morgan fingerprint density at radius 2 is 1.55 bits per heavy atom. The predicted molar refractivity (Wildman–Crippen MR) is 83.1 cm³/mol. The molecule has 0 aliphatic heterocycles. The van der Waals surface area contributed by atoms with Gasteiger partial charge in [-0.3, -0.25) is 4.79 Å². The second-order valence-electron chi connectivity index (χ2n) is 5.28. The molecule has 2 aromatic carbocycles. The highest BCUT2D eigenvalue weighted by Gasteiger charge is 2.16. The number of ether oxygens (including phenoxy) is 2. The van der Waals surface area contributed by atoms with E-state index in [1.165, 1.54) is 0 Å². The first-order valence-electron chi connectivity index (χ1n) is 7.07. The standard InChI is InChI=1S/C18H18O4/c1-12(2)17(19)21-15-9-4-5-10-16(15)22-18(20)14-8-6-7-13(3)11-14/h4-12H,1-3H3. The van der Waals surface area contributed by atoms with E-state index in [2.05, 4.69) is 0 Å². The molecule has 0 atom stereocenters. The first kappa shape index (κ1) is 15.8. The quantitative estimate of drug-likeness (QED) is 0.637. The van der Waals surface area contributed by atoms with Crippen LogP contribution < -0.4 is 9.47 Å². The zero-order valence-corrected chi connectivity index (χ0v) is 12.8.